The second-order valence-electron chi connectivity index (χ2n) is 5.33. The number of anilines is 3. The number of hydrogen-bond donors (Lipinski definition) is 4. The van der Waals surface area contributed by atoms with Gasteiger partial charge in [-0.15, -0.1) is 0 Å². The van der Waals surface area contributed by atoms with E-state index in [9.17, 15) is 26.9 Å². The Kier molecular flexibility index (Phi) is 5.70. The first-order chi connectivity index (χ1) is 12.5. The van der Waals surface area contributed by atoms with Crippen LogP contribution in [-0.2, 0) is 20.0 Å². The Morgan fingerprint density at radius 2 is 1.78 bits per heavy atom. The van der Waals surface area contributed by atoms with Crippen LogP contribution in [0.1, 0.15) is 0 Å². The molecule has 0 heterocycles. The molecular formula is C14H15N3O8S2. The number of sulfone groups is 1. The molecule has 0 saturated heterocycles. The highest BCUT2D eigenvalue weighted by molar-refractivity contribution is 7.91. The van der Waals surface area contributed by atoms with Crippen molar-refractivity contribution in [3.8, 4) is 0 Å². The molecule has 11 nitrogen and oxygen atoms in total. The lowest BCUT2D eigenvalue weighted by Crippen LogP contribution is -2.11. The minimum atomic E-state index is -4.61. The smallest absolute Gasteiger partial charge is 0.296 e. The number of nitrogens with two attached hydrogens (primary N) is 1. The lowest BCUT2D eigenvalue weighted by Gasteiger charge is -2.11. The predicted octanol–water partition coefficient (Wildman–Crippen LogP) is 0.933. The molecular weight excluding hydrogens is 402 g/mol. The van der Waals surface area contributed by atoms with Crippen LogP contribution in [0.4, 0.5) is 22.7 Å². The van der Waals surface area contributed by atoms with Crippen molar-refractivity contribution >= 4 is 42.7 Å². The van der Waals surface area contributed by atoms with Gasteiger partial charge in [-0.05, 0) is 30.3 Å². The topological polar surface area (TPSA) is 190 Å². The molecule has 0 unspecified atom stereocenters. The number of rotatable bonds is 7. The fourth-order valence-electron chi connectivity index (χ4n) is 2.19. The zero-order valence-corrected chi connectivity index (χ0v) is 15.2. The Hall–Kier alpha value is -2.74. The van der Waals surface area contributed by atoms with E-state index < -0.39 is 47.8 Å². The number of nitrogens with zero attached hydrogens (tertiary/aromatic N) is 1. The zero-order valence-electron chi connectivity index (χ0n) is 13.6. The number of nitro benzene ring substituents is 1. The van der Waals surface area contributed by atoms with Gasteiger partial charge in [-0.25, -0.2) is 8.42 Å². The first-order valence-electron chi connectivity index (χ1n) is 7.22. The predicted molar refractivity (Wildman–Crippen MR) is 96.2 cm³/mol. The first-order valence-corrected chi connectivity index (χ1v) is 10.3. The molecule has 0 bridgehead atoms. The van der Waals surface area contributed by atoms with Gasteiger partial charge in [0.15, 0.2) is 9.84 Å². The maximum Gasteiger partial charge on any atom is 0.296 e. The van der Waals surface area contributed by atoms with E-state index in [1.807, 2.05) is 0 Å². The normalized spacial score (nSPS) is 11.9. The average molecular weight is 417 g/mol. The molecule has 2 aromatic rings. The molecule has 0 fully saturated rings. The molecule has 13 heteroatoms. The van der Waals surface area contributed by atoms with Crippen LogP contribution in [0.2, 0.25) is 0 Å². The molecule has 2 rings (SSSR count). The van der Waals surface area contributed by atoms with E-state index in [1.165, 1.54) is 12.1 Å². The fourth-order valence-corrected chi connectivity index (χ4v) is 3.88. The van der Waals surface area contributed by atoms with Gasteiger partial charge in [-0.3, -0.25) is 14.7 Å². The van der Waals surface area contributed by atoms with Crippen molar-refractivity contribution in [2.45, 2.75) is 9.79 Å². The number of hydrogen-bond acceptors (Lipinski definition) is 9. The quantitative estimate of drug-likeness (QED) is 0.218. The Morgan fingerprint density at radius 3 is 2.33 bits per heavy atom. The number of nitrogen functional groups attached to an aromatic ring is 1. The van der Waals surface area contributed by atoms with E-state index in [0.29, 0.717) is 0 Å². The lowest BCUT2D eigenvalue weighted by molar-refractivity contribution is -0.384. The average Bonchev–Trinajstić information content (AvgIpc) is 2.55. The number of nitrogens with one attached hydrogen (secondary N) is 1. The van der Waals surface area contributed by atoms with Crippen molar-refractivity contribution in [1.82, 2.24) is 0 Å². The fraction of sp³-hybridized carbons (Fsp3) is 0.143. The molecule has 0 aliphatic carbocycles. The summed E-state index contributed by atoms with van der Waals surface area (Å²) in [6.07, 6.45) is 0. The van der Waals surface area contributed by atoms with Crippen molar-refractivity contribution in [2.75, 3.05) is 23.4 Å². The van der Waals surface area contributed by atoms with Gasteiger partial charge in [0.25, 0.3) is 15.8 Å². The largest absolute Gasteiger partial charge is 0.398 e. The van der Waals surface area contributed by atoms with Gasteiger partial charge in [0.2, 0.25) is 0 Å². The molecule has 0 aliphatic heterocycles. The number of nitro groups is 1. The summed E-state index contributed by atoms with van der Waals surface area (Å²) in [6.45, 7) is -0.639. The van der Waals surface area contributed by atoms with Crippen LogP contribution in [0.25, 0.3) is 0 Å². The van der Waals surface area contributed by atoms with E-state index >= 15 is 0 Å². The molecule has 0 aliphatic rings. The molecule has 0 atom stereocenters. The second kappa shape index (κ2) is 7.48. The van der Waals surface area contributed by atoms with Gasteiger partial charge >= 0.3 is 0 Å². The third-order valence-corrected chi connectivity index (χ3v) is 6.06. The van der Waals surface area contributed by atoms with Gasteiger partial charge < -0.3 is 16.2 Å². The summed E-state index contributed by atoms with van der Waals surface area (Å²) < 4.78 is 55.7. The van der Waals surface area contributed by atoms with E-state index in [4.69, 9.17) is 15.4 Å². The van der Waals surface area contributed by atoms with E-state index in [-0.39, 0.29) is 22.0 Å². The molecule has 0 spiro atoms. The molecule has 0 aromatic heterocycles. The zero-order chi connectivity index (χ0) is 20.4. The van der Waals surface area contributed by atoms with E-state index in [2.05, 4.69) is 5.32 Å². The Balaban J connectivity index is 2.50. The van der Waals surface area contributed by atoms with Crippen molar-refractivity contribution in [3.63, 3.8) is 0 Å². The molecule has 27 heavy (non-hydrogen) atoms. The number of aliphatic hydroxyl groups is 1. The summed E-state index contributed by atoms with van der Waals surface area (Å²) in [5.41, 5.74) is 4.62. The lowest BCUT2D eigenvalue weighted by atomic mass is 10.2. The Labute approximate surface area is 154 Å². The molecule has 0 radical (unpaired) electrons. The standard InChI is InChI=1S/C14H15N3O8S2/c15-11-3-1-9(7-14(11)27(23,24)25)16-12-4-2-10(8-13(12)17(19)20)26(21,22)6-5-18/h1-4,7-8,16,18H,5-6,15H2,(H,23,24,25). The highest BCUT2D eigenvalue weighted by Gasteiger charge is 2.22. The summed E-state index contributed by atoms with van der Waals surface area (Å²) in [7, 11) is -8.51. The minimum Gasteiger partial charge on any atom is -0.398 e. The maximum atomic E-state index is 12.0. The SMILES string of the molecule is Nc1ccc(Nc2ccc(S(=O)(=O)CCO)cc2[N+](=O)[O-])cc1S(=O)(=O)O. The first kappa shape index (κ1) is 20.6. The van der Waals surface area contributed by atoms with Crippen LogP contribution in [0.3, 0.4) is 0 Å². The molecule has 146 valence electrons. The highest BCUT2D eigenvalue weighted by Crippen LogP contribution is 2.32. The summed E-state index contributed by atoms with van der Waals surface area (Å²) in [4.78, 5) is 9.55. The van der Waals surface area contributed by atoms with Crippen molar-refractivity contribution in [3.05, 3.63) is 46.5 Å². The van der Waals surface area contributed by atoms with Crippen LogP contribution in [0.5, 0.6) is 0 Å². The Bertz CT molecular complexity index is 1100. The van der Waals surface area contributed by atoms with Gasteiger partial charge in [0, 0.05) is 11.8 Å². The minimum absolute atomic E-state index is 0.0610. The van der Waals surface area contributed by atoms with Crippen molar-refractivity contribution in [1.29, 1.82) is 0 Å². The Morgan fingerprint density at radius 1 is 1.11 bits per heavy atom. The monoisotopic (exact) mass is 417 g/mol. The summed E-state index contributed by atoms with van der Waals surface area (Å²) in [5, 5.41) is 22.7. The van der Waals surface area contributed by atoms with Gasteiger partial charge in [0.1, 0.15) is 10.6 Å². The third-order valence-electron chi connectivity index (χ3n) is 3.46. The van der Waals surface area contributed by atoms with Crippen molar-refractivity contribution in [2.24, 2.45) is 0 Å². The molecule has 2 aromatic carbocycles. The van der Waals surface area contributed by atoms with Gasteiger partial charge in [-0.1, -0.05) is 0 Å². The van der Waals surface area contributed by atoms with Crippen LogP contribution in [0.15, 0.2) is 46.2 Å². The van der Waals surface area contributed by atoms with Gasteiger partial charge in [0.05, 0.1) is 27.9 Å². The molecule has 0 amide bonds. The van der Waals surface area contributed by atoms with Gasteiger partial charge in [-0.2, -0.15) is 8.42 Å². The van der Waals surface area contributed by atoms with E-state index in [1.54, 1.807) is 0 Å². The number of aliphatic hydroxyl groups excluding tert-OH is 1. The number of benzene rings is 2. The second-order valence-corrected chi connectivity index (χ2v) is 8.83. The van der Waals surface area contributed by atoms with Crippen LogP contribution in [0, 0.1) is 10.1 Å². The third kappa shape index (κ3) is 4.71. The maximum absolute atomic E-state index is 12.0. The van der Waals surface area contributed by atoms with Crippen molar-refractivity contribution < 1.29 is 31.4 Å². The molecule has 0 saturated carbocycles. The summed E-state index contributed by atoms with van der Waals surface area (Å²) in [6, 6.07) is 6.55. The summed E-state index contributed by atoms with van der Waals surface area (Å²) in [5.74, 6) is -0.591. The van der Waals surface area contributed by atoms with Crippen LogP contribution >= 0.6 is 0 Å². The van der Waals surface area contributed by atoms with Crippen LogP contribution in [-0.4, -0.2) is 43.8 Å². The van der Waals surface area contributed by atoms with E-state index in [0.717, 1.165) is 24.3 Å². The highest BCUT2D eigenvalue weighted by atomic mass is 32.2. The molecule has 5 N–H and O–H groups in total. The summed E-state index contributed by atoms with van der Waals surface area (Å²) >= 11 is 0. The van der Waals surface area contributed by atoms with Crippen LogP contribution < -0.4 is 11.1 Å².